The molecule has 2 atom stereocenters. The molecule has 11 heteroatoms. The number of amides is 1. The molecule has 0 spiro atoms. The van der Waals surface area contributed by atoms with E-state index in [1.807, 2.05) is 0 Å². The van der Waals surface area contributed by atoms with E-state index in [2.05, 4.69) is 0 Å². The fourth-order valence-electron chi connectivity index (χ4n) is 2.66. The molecule has 2 aliphatic rings. The summed E-state index contributed by atoms with van der Waals surface area (Å²) in [4.78, 5) is 47.2. The third kappa shape index (κ3) is 3.64. The lowest BCUT2D eigenvalue weighted by Gasteiger charge is -2.47. The first-order valence-corrected chi connectivity index (χ1v) is 8.86. The van der Waals surface area contributed by atoms with Crippen molar-refractivity contribution in [2.24, 2.45) is 5.73 Å². The third-order valence-electron chi connectivity index (χ3n) is 3.95. The summed E-state index contributed by atoms with van der Waals surface area (Å²) in [6.07, 6.45) is 0. The van der Waals surface area contributed by atoms with E-state index in [0.717, 1.165) is 0 Å². The van der Waals surface area contributed by atoms with Crippen molar-refractivity contribution < 1.29 is 28.8 Å². The quantitative estimate of drug-likeness (QED) is 0.330. The van der Waals surface area contributed by atoms with Gasteiger partial charge in [0.05, 0.1) is 10.7 Å². The topological polar surface area (TPSA) is 142 Å². The van der Waals surface area contributed by atoms with Crippen LogP contribution in [0, 0.1) is 10.1 Å². The highest BCUT2D eigenvalue weighted by atomic mass is 32.2. The van der Waals surface area contributed by atoms with Crippen LogP contribution < -0.4 is 5.73 Å². The fraction of sp³-hybridized carbons (Fsp3) is 0.312. The van der Waals surface area contributed by atoms with E-state index >= 15 is 0 Å². The van der Waals surface area contributed by atoms with Gasteiger partial charge in [0.25, 0.3) is 5.69 Å². The first-order valence-electron chi connectivity index (χ1n) is 7.82. The first-order chi connectivity index (χ1) is 12.8. The van der Waals surface area contributed by atoms with Gasteiger partial charge in [-0.25, -0.2) is 4.79 Å². The highest BCUT2D eigenvalue weighted by Crippen LogP contribution is 2.40. The second-order valence-corrected chi connectivity index (χ2v) is 6.91. The van der Waals surface area contributed by atoms with Crippen LogP contribution in [0.25, 0.3) is 0 Å². The van der Waals surface area contributed by atoms with E-state index in [0.29, 0.717) is 5.56 Å². The van der Waals surface area contributed by atoms with Gasteiger partial charge in [0.1, 0.15) is 23.8 Å². The minimum Gasteiger partial charge on any atom is -0.456 e. The molecule has 27 heavy (non-hydrogen) atoms. The molecule has 2 heterocycles. The van der Waals surface area contributed by atoms with Gasteiger partial charge in [-0.3, -0.25) is 24.6 Å². The van der Waals surface area contributed by atoms with Crippen molar-refractivity contribution in [1.29, 1.82) is 0 Å². The minimum absolute atomic E-state index is 0.0395. The van der Waals surface area contributed by atoms with Gasteiger partial charge < -0.3 is 15.2 Å². The maximum Gasteiger partial charge on any atom is 0.359 e. The monoisotopic (exact) mass is 393 g/mol. The van der Waals surface area contributed by atoms with Gasteiger partial charge in [-0.05, 0) is 17.7 Å². The Labute approximate surface area is 157 Å². The average molecular weight is 393 g/mol. The molecule has 1 amide bonds. The van der Waals surface area contributed by atoms with Crippen molar-refractivity contribution in [3.63, 3.8) is 0 Å². The SMILES string of the molecule is CC(=O)OC1=C(C(=O)OCc2ccc([N+](=O)[O-])cc2)N2C(=O)C(N)[C@@H]2SC1. The van der Waals surface area contributed by atoms with Gasteiger partial charge in [0.15, 0.2) is 5.70 Å². The van der Waals surface area contributed by atoms with Gasteiger partial charge in [0, 0.05) is 19.1 Å². The number of carbonyl (C=O) groups is 3. The summed E-state index contributed by atoms with van der Waals surface area (Å²) in [5, 5.41) is 10.2. The molecule has 0 saturated carbocycles. The molecule has 3 rings (SSSR count). The van der Waals surface area contributed by atoms with Crippen molar-refractivity contribution in [3.05, 3.63) is 51.4 Å². The minimum atomic E-state index is -0.838. The van der Waals surface area contributed by atoms with Crippen LogP contribution in [0.4, 0.5) is 5.69 Å². The molecule has 1 aromatic carbocycles. The van der Waals surface area contributed by atoms with Crippen LogP contribution in [0.2, 0.25) is 0 Å². The van der Waals surface area contributed by atoms with Crippen LogP contribution in [0.1, 0.15) is 12.5 Å². The summed E-state index contributed by atoms with van der Waals surface area (Å²) in [6, 6.07) is 4.76. The molecule has 2 aliphatic heterocycles. The predicted molar refractivity (Wildman–Crippen MR) is 92.8 cm³/mol. The maximum absolute atomic E-state index is 12.6. The number of benzene rings is 1. The first kappa shape index (κ1) is 18.9. The number of nitrogens with two attached hydrogens (primary N) is 1. The van der Waals surface area contributed by atoms with Crippen molar-refractivity contribution in [3.8, 4) is 0 Å². The summed E-state index contributed by atoms with van der Waals surface area (Å²) in [5.41, 5.74) is 6.04. The number of hydrogen-bond acceptors (Lipinski definition) is 9. The zero-order valence-electron chi connectivity index (χ0n) is 14.1. The second-order valence-electron chi connectivity index (χ2n) is 5.80. The Kier molecular flexibility index (Phi) is 5.15. The number of esters is 2. The molecule has 1 saturated heterocycles. The molecule has 0 radical (unpaired) electrons. The molecule has 1 fully saturated rings. The van der Waals surface area contributed by atoms with Gasteiger partial charge in [0.2, 0.25) is 5.91 Å². The van der Waals surface area contributed by atoms with Gasteiger partial charge in [-0.1, -0.05) is 0 Å². The molecule has 0 aromatic heterocycles. The number of fused-ring (bicyclic) bond motifs is 1. The number of carbonyl (C=O) groups excluding carboxylic acids is 3. The summed E-state index contributed by atoms with van der Waals surface area (Å²) >= 11 is 1.29. The number of rotatable bonds is 5. The van der Waals surface area contributed by atoms with Crippen molar-refractivity contribution >= 4 is 35.3 Å². The predicted octanol–water partition coefficient (Wildman–Crippen LogP) is 0.655. The Morgan fingerprint density at radius 2 is 2.04 bits per heavy atom. The van der Waals surface area contributed by atoms with Crippen LogP contribution in [-0.4, -0.2) is 44.8 Å². The molecular formula is C16H15N3O7S. The van der Waals surface area contributed by atoms with Crippen LogP contribution in [0.3, 0.4) is 0 Å². The van der Waals surface area contributed by atoms with E-state index in [4.69, 9.17) is 15.2 Å². The Balaban J connectivity index is 1.77. The van der Waals surface area contributed by atoms with Crippen LogP contribution in [0.5, 0.6) is 0 Å². The molecule has 10 nitrogen and oxygen atoms in total. The van der Waals surface area contributed by atoms with Crippen molar-refractivity contribution in [2.75, 3.05) is 5.75 Å². The Bertz CT molecular complexity index is 852. The van der Waals surface area contributed by atoms with Gasteiger partial charge in [-0.15, -0.1) is 11.8 Å². The fourth-order valence-corrected chi connectivity index (χ4v) is 3.86. The number of hydrogen-bond donors (Lipinski definition) is 1. The third-order valence-corrected chi connectivity index (χ3v) is 5.23. The van der Waals surface area contributed by atoms with Crippen LogP contribution in [-0.2, 0) is 30.5 Å². The second kappa shape index (κ2) is 7.37. The largest absolute Gasteiger partial charge is 0.456 e. The molecule has 0 bridgehead atoms. The number of nitro groups is 1. The highest BCUT2D eigenvalue weighted by molar-refractivity contribution is 8.00. The van der Waals surface area contributed by atoms with Gasteiger partial charge in [-0.2, -0.15) is 0 Å². The lowest BCUT2D eigenvalue weighted by molar-refractivity contribution is -0.384. The number of ether oxygens (including phenoxy) is 2. The van der Waals surface area contributed by atoms with Gasteiger partial charge >= 0.3 is 11.9 Å². The summed E-state index contributed by atoms with van der Waals surface area (Å²) in [5.74, 6) is -1.68. The Morgan fingerprint density at radius 1 is 1.37 bits per heavy atom. The van der Waals surface area contributed by atoms with E-state index < -0.39 is 34.2 Å². The Hall–Kier alpha value is -2.92. The molecule has 1 unspecified atom stereocenters. The molecule has 1 aromatic rings. The molecule has 2 N–H and O–H groups in total. The zero-order chi connectivity index (χ0) is 19.7. The van der Waals surface area contributed by atoms with E-state index in [9.17, 15) is 24.5 Å². The smallest absolute Gasteiger partial charge is 0.359 e. The summed E-state index contributed by atoms with van der Waals surface area (Å²) < 4.78 is 10.3. The zero-order valence-corrected chi connectivity index (χ0v) is 14.9. The average Bonchev–Trinajstić information content (AvgIpc) is 2.64. The molecule has 0 aliphatic carbocycles. The Morgan fingerprint density at radius 3 is 2.63 bits per heavy atom. The standard InChI is InChI=1S/C16H15N3O7S/c1-8(20)26-11-7-27-15-12(17)14(21)18(15)13(11)16(22)25-6-9-2-4-10(5-3-9)19(23)24/h2-5,12,15H,6-7,17H2,1H3/t12?,15-/m0/s1. The summed E-state index contributed by atoms with van der Waals surface area (Å²) in [6.45, 7) is 1.02. The lowest BCUT2D eigenvalue weighted by atomic mass is 10.1. The molecular weight excluding hydrogens is 378 g/mol. The highest BCUT2D eigenvalue weighted by Gasteiger charge is 2.53. The number of β-lactam (4-membered cyclic amide) rings is 1. The number of thioether (sulfide) groups is 1. The number of nitrogens with zero attached hydrogens (tertiary/aromatic N) is 2. The van der Waals surface area contributed by atoms with Crippen LogP contribution in [0.15, 0.2) is 35.7 Å². The summed E-state index contributed by atoms with van der Waals surface area (Å²) in [7, 11) is 0. The maximum atomic E-state index is 12.6. The normalized spacial score (nSPS) is 21.3. The van der Waals surface area contributed by atoms with Crippen molar-refractivity contribution in [1.82, 2.24) is 4.90 Å². The number of nitro benzene ring substituents is 1. The van der Waals surface area contributed by atoms with E-state index in [-0.39, 0.29) is 29.5 Å². The molecule has 142 valence electrons. The van der Waals surface area contributed by atoms with E-state index in [1.54, 1.807) is 0 Å². The van der Waals surface area contributed by atoms with E-state index in [1.165, 1.54) is 47.9 Å². The number of non-ortho nitro benzene ring substituents is 1. The lowest BCUT2D eigenvalue weighted by Crippen LogP contribution is -2.68. The van der Waals surface area contributed by atoms with Crippen molar-refractivity contribution in [2.45, 2.75) is 24.9 Å². The van der Waals surface area contributed by atoms with Crippen LogP contribution >= 0.6 is 11.8 Å².